The van der Waals surface area contributed by atoms with Gasteiger partial charge in [0.1, 0.15) is 0 Å². The van der Waals surface area contributed by atoms with Crippen molar-refractivity contribution in [2.24, 2.45) is 5.73 Å². The Morgan fingerprint density at radius 1 is 1.35 bits per heavy atom. The summed E-state index contributed by atoms with van der Waals surface area (Å²) < 4.78 is 5.66. The molecule has 1 aromatic heterocycles. The third-order valence-corrected chi connectivity index (χ3v) is 2.88. The number of nitrogens with zero attached hydrogens (tertiary/aromatic N) is 2. The molecule has 2 N–H and O–H groups in total. The molecule has 1 unspecified atom stereocenters. The first-order chi connectivity index (χ1) is 9.50. The highest BCUT2D eigenvalue weighted by Gasteiger charge is 2.20. The second kappa shape index (κ2) is 5.66. The number of pyridine rings is 1. The number of hydrogen-bond acceptors (Lipinski definition) is 5. The van der Waals surface area contributed by atoms with Crippen LogP contribution in [0.15, 0.2) is 36.5 Å². The van der Waals surface area contributed by atoms with Gasteiger partial charge in [0.15, 0.2) is 0 Å². The Morgan fingerprint density at radius 3 is 2.75 bits per heavy atom. The number of hydrogen-bond donors (Lipinski definition) is 1. The first-order valence-electron chi connectivity index (χ1n) is 6.13. The van der Waals surface area contributed by atoms with Gasteiger partial charge in [0, 0.05) is 23.9 Å². The molecule has 0 radical (unpaired) electrons. The molecule has 2 rings (SSSR count). The lowest BCUT2D eigenvalue weighted by Crippen LogP contribution is -2.08. The summed E-state index contributed by atoms with van der Waals surface area (Å²) in [7, 11) is 0. The van der Waals surface area contributed by atoms with E-state index in [4.69, 9.17) is 10.5 Å². The molecular formula is C14H15N3O3. The molecule has 6 nitrogen and oxygen atoms in total. The smallest absolute Gasteiger partial charge is 0.311 e. The lowest BCUT2D eigenvalue weighted by Gasteiger charge is -2.13. The van der Waals surface area contributed by atoms with Gasteiger partial charge in [-0.3, -0.25) is 10.1 Å². The molecule has 1 heterocycles. The van der Waals surface area contributed by atoms with E-state index >= 15 is 0 Å². The minimum atomic E-state index is -0.475. The minimum absolute atomic E-state index is 0.0914. The van der Waals surface area contributed by atoms with Crippen LogP contribution in [0.25, 0.3) is 0 Å². The second-order valence-corrected chi connectivity index (χ2v) is 4.47. The number of aromatic nitrogens is 1. The van der Waals surface area contributed by atoms with E-state index in [0.717, 1.165) is 0 Å². The Kier molecular flexibility index (Phi) is 3.95. The molecule has 0 spiro atoms. The van der Waals surface area contributed by atoms with Gasteiger partial charge in [0.05, 0.1) is 4.92 Å². The summed E-state index contributed by atoms with van der Waals surface area (Å²) in [6.45, 7) is 3.55. The highest BCUT2D eigenvalue weighted by Crippen LogP contribution is 2.35. The predicted molar refractivity (Wildman–Crippen MR) is 74.7 cm³/mol. The summed E-state index contributed by atoms with van der Waals surface area (Å²) in [4.78, 5) is 14.7. The SMILES string of the molecule is Cc1cccc([N+](=O)[O-])c1Oc1ncccc1C(C)N. The average molecular weight is 273 g/mol. The van der Waals surface area contributed by atoms with Crippen molar-refractivity contribution >= 4 is 5.69 Å². The van der Waals surface area contributed by atoms with Crippen LogP contribution in [0.3, 0.4) is 0 Å². The summed E-state index contributed by atoms with van der Waals surface area (Å²) in [6, 6.07) is 8.02. The molecule has 1 aromatic carbocycles. The van der Waals surface area contributed by atoms with Crippen molar-refractivity contribution in [3.8, 4) is 11.6 Å². The van der Waals surface area contributed by atoms with Crippen LogP contribution in [0.2, 0.25) is 0 Å². The Balaban J connectivity index is 2.48. The van der Waals surface area contributed by atoms with Crippen molar-refractivity contribution in [2.75, 3.05) is 0 Å². The number of rotatable bonds is 4. The Bertz CT molecular complexity index is 641. The molecule has 1 atom stereocenters. The molecule has 0 aliphatic heterocycles. The number of aryl methyl sites for hydroxylation is 1. The molecule has 104 valence electrons. The van der Waals surface area contributed by atoms with Gasteiger partial charge in [0.2, 0.25) is 11.6 Å². The number of nitro groups is 1. The van der Waals surface area contributed by atoms with Gasteiger partial charge < -0.3 is 10.5 Å². The summed E-state index contributed by atoms with van der Waals surface area (Å²) >= 11 is 0. The fourth-order valence-corrected chi connectivity index (χ4v) is 1.85. The third-order valence-electron chi connectivity index (χ3n) is 2.88. The standard InChI is InChI=1S/C14H15N3O3/c1-9-5-3-7-12(17(18)19)13(9)20-14-11(10(2)15)6-4-8-16-14/h3-8,10H,15H2,1-2H3. The molecule has 0 saturated carbocycles. The van der Waals surface area contributed by atoms with E-state index in [-0.39, 0.29) is 17.5 Å². The van der Waals surface area contributed by atoms with E-state index in [2.05, 4.69) is 4.98 Å². The average Bonchev–Trinajstić information content (AvgIpc) is 2.41. The molecule has 0 amide bonds. The van der Waals surface area contributed by atoms with Gasteiger partial charge in [0.25, 0.3) is 0 Å². The zero-order valence-corrected chi connectivity index (χ0v) is 11.2. The van der Waals surface area contributed by atoms with Crippen LogP contribution in [-0.4, -0.2) is 9.91 Å². The van der Waals surface area contributed by atoms with E-state index in [1.54, 1.807) is 44.3 Å². The van der Waals surface area contributed by atoms with Gasteiger partial charge in [-0.25, -0.2) is 4.98 Å². The third kappa shape index (κ3) is 2.75. The molecule has 0 aliphatic carbocycles. The fourth-order valence-electron chi connectivity index (χ4n) is 1.85. The maximum Gasteiger partial charge on any atom is 0.311 e. The molecule has 6 heteroatoms. The second-order valence-electron chi connectivity index (χ2n) is 4.47. The molecule has 2 aromatic rings. The molecule has 0 bridgehead atoms. The van der Waals surface area contributed by atoms with E-state index in [0.29, 0.717) is 17.0 Å². The predicted octanol–water partition coefficient (Wildman–Crippen LogP) is 3.11. The maximum absolute atomic E-state index is 11.1. The highest BCUT2D eigenvalue weighted by atomic mass is 16.6. The summed E-state index contributed by atoms with van der Waals surface area (Å²) in [5.74, 6) is 0.484. The number of ether oxygens (including phenoxy) is 1. The highest BCUT2D eigenvalue weighted by molar-refractivity contribution is 5.53. The van der Waals surface area contributed by atoms with Crippen molar-refractivity contribution in [2.45, 2.75) is 19.9 Å². The normalized spacial score (nSPS) is 11.9. The van der Waals surface area contributed by atoms with Crippen LogP contribution in [0.1, 0.15) is 24.1 Å². The Hall–Kier alpha value is -2.47. The van der Waals surface area contributed by atoms with E-state index < -0.39 is 4.92 Å². The van der Waals surface area contributed by atoms with Crippen molar-refractivity contribution in [3.63, 3.8) is 0 Å². The van der Waals surface area contributed by atoms with Crippen LogP contribution in [-0.2, 0) is 0 Å². The monoisotopic (exact) mass is 273 g/mol. The molecule has 0 saturated heterocycles. The van der Waals surface area contributed by atoms with Crippen molar-refractivity contribution in [1.29, 1.82) is 0 Å². The summed E-state index contributed by atoms with van der Waals surface area (Å²) in [5, 5.41) is 11.1. The van der Waals surface area contributed by atoms with Crippen LogP contribution >= 0.6 is 0 Å². The van der Waals surface area contributed by atoms with Gasteiger partial charge in [-0.1, -0.05) is 18.2 Å². The van der Waals surface area contributed by atoms with Crippen LogP contribution in [0, 0.1) is 17.0 Å². The lowest BCUT2D eigenvalue weighted by atomic mass is 10.1. The quantitative estimate of drug-likeness (QED) is 0.682. The summed E-state index contributed by atoms with van der Waals surface area (Å²) in [5.41, 5.74) is 7.13. The first-order valence-corrected chi connectivity index (χ1v) is 6.13. The first kappa shape index (κ1) is 14.0. The Morgan fingerprint density at radius 2 is 2.10 bits per heavy atom. The zero-order chi connectivity index (χ0) is 14.7. The fraction of sp³-hybridized carbons (Fsp3) is 0.214. The van der Waals surface area contributed by atoms with Crippen molar-refractivity contribution < 1.29 is 9.66 Å². The van der Waals surface area contributed by atoms with E-state index in [9.17, 15) is 10.1 Å². The number of benzene rings is 1. The number of para-hydroxylation sites is 1. The summed E-state index contributed by atoms with van der Waals surface area (Å²) in [6.07, 6.45) is 1.56. The topological polar surface area (TPSA) is 91.3 Å². The van der Waals surface area contributed by atoms with Crippen molar-refractivity contribution in [3.05, 3.63) is 57.8 Å². The molecule has 20 heavy (non-hydrogen) atoms. The van der Waals surface area contributed by atoms with Gasteiger partial charge in [-0.15, -0.1) is 0 Å². The largest absolute Gasteiger partial charge is 0.431 e. The molecule has 0 aliphatic rings. The van der Waals surface area contributed by atoms with E-state index in [1.807, 2.05) is 0 Å². The molecular weight excluding hydrogens is 258 g/mol. The van der Waals surface area contributed by atoms with Gasteiger partial charge >= 0.3 is 5.69 Å². The van der Waals surface area contributed by atoms with Crippen LogP contribution < -0.4 is 10.5 Å². The van der Waals surface area contributed by atoms with Gasteiger partial charge in [-0.05, 0) is 25.5 Å². The zero-order valence-electron chi connectivity index (χ0n) is 11.2. The van der Waals surface area contributed by atoms with E-state index in [1.165, 1.54) is 6.07 Å². The minimum Gasteiger partial charge on any atom is -0.431 e. The number of nitro benzene ring substituents is 1. The van der Waals surface area contributed by atoms with Crippen LogP contribution in [0.5, 0.6) is 11.6 Å². The molecule has 0 fully saturated rings. The maximum atomic E-state index is 11.1. The van der Waals surface area contributed by atoms with Crippen molar-refractivity contribution in [1.82, 2.24) is 4.98 Å². The van der Waals surface area contributed by atoms with Gasteiger partial charge in [-0.2, -0.15) is 0 Å². The Labute approximate surface area is 116 Å². The number of nitrogens with two attached hydrogens (primary N) is 1. The lowest BCUT2D eigenvalue weighted by molar-refractivity contribution is -0.385. The van der Waals surface area contributed by atoms with Crippen LogP contribution in [0.4, 0.5) is 5.69 Å².